The fourth-order valence-electron chi connectivity index (χ4n) is 6.50. The van der Waals surface area contributed by atoms with E-state index in [4.69, 9.17) is 24.3 Å². The molecule has 13 heteroatoms. The second-order valence-electron chi connectivity index (χ2n) is 14.6. The molecule has 0 spiro atoms. The summed E-state index contributed by atoms with van der Waals surface area (Å²) in [6, 6.07) is 0. The minimum atomic E-state index is -4.44. The number of phosphoric acid groups is 1. The summed E-state index contributed by atoms with van der Waals surface area (Å²) in [5.74, 6) is -1.73. The van der Waals surface area contributed by atoms with Crippen LogP contribution in [-0.4, -0.2) is 77.5 Å². The van der Waals surface area contributed by atoms with Crippen molar-refractivity contribution in [2.24, 2.45) is 17.6 Å². The van der Waals surface area contributed by atoms with Crippen molar-refractivity contribution in [2.75, 3.05) is 26.4 Å². The van der Waals surface area contributed by atoms with E-state index >= 15 is 0 Å². The number of hydrogen-bond donors (Lipinski definition) is 4. The number of unbranched alkanes of at least 4 members (excludes halogenated alkanes) is 15. The molecule has 12 nitrogen and oxygen atoms in total. The molecule has 0 aliphatic heterocycles. The number of nitrogens with two attached hydrogens (primary N) is 1. The van der Waals surface area contributed by atoms with E-state index in [1.807, 2.05) is 12.2 Å². The number of ketones is 1. The maximum absolute atomic E-state index is 12.6. The smallest absolute Gasteiger partial charge is 0.462 e. The van der Waals surface area contributed by atoms with Crippen molar-refractivity contribution in [3.05, 3.63) is 24.3 Å². The third-order valence-corrected chi connectivity index (χ3v) is 10.7. The number of allylic oxidation sites excluding steroid dienone is 2. The Bertz CT molecular complexity index is 1100. The largest absolute Gasteiger partial charge is 0.472 e. The van der Waals surface area contributed by atoms with Gasteiger partial charge in [-0.05, 0) is 32.1 Å². The van der Waals surface area contributed by atoms with Crippen molar-refractivity contribution in [2.45, 2.75) is 180 Å². The summed E-state index contributed by atoms with van der Waals surface area (Å²) in [6.07, 6.45) is 25.7. The highest BCUT2D eigenvalue weighted by Crippen LogP contribution is 2.43. The van der Waals surface area contributed by atoms with E-state index < -0.39 is 44.7 Å². The van der Waals surface area contributed by atoms with Crippen LogP contribution in [0.5, 0.6) is 0 Å². The highest BCUT2D eigenvalue weighted by atomic mass is 31.2. The molecule has 0 aromatic carbocycles. The van der Waals surface area contributed by atoms with Gasteiger partial charge >= 0.3 is 19.8 Å². The van der Waals surface area contributed by atoms with Crippen LogP contribution in [0.15, 0.2) is 24.3 Å². The van der Waals surface area contributed by atoms with Crippen LogP contribution in [0, 0.1) is 11.8 Å². The van der Waals surface area contributed by atoms with Crippen molar-refractivity contribution in [3.8, 4) is 0 Å². The van der Waals surface area contributed by atoms with Crippen molar-refractivity contribution in [1.29, 1.82) is 0 Å². The number of aliphatic hydroxyl groups is 2. The molecular formula is C41H74NO11P. The lowest BCUT2D eigenvalue weighted by Gasteiger charge is -2.19. The summed E-state index contributed by atoms with van der Waals surface area (Å²) in [5.41, 5.74) is 5.33. The van der Waals surface area contributed by atoms with E-state index in [-0.39, 0.29) is 56.6 Å². The van der Waals surface area contributed by atoms with Gasteiger partial charge < -0.3 is 30.3 Å². The summed E-state index contributed by atoms with van der Waals surface area (Å²) in [4.78, 5) is 47.5. The first-order chi connectivity index (χ1) is 26.0. The molecule has 1 aliphatic rings. The Labute approximate surface area is 325 Å². The van der Waals surface area contributed by atoms with Gasteiger partial charge in [0.05, 0.1) is 25.4 Å². The highest BCUT2D eigenvalue weighted by molar-refractivity contribution is 7.47. The molecule has 6 atom stereocenters. The number of carbonyl (C=O) groups is 3. The molecule has 1 fully saturated rings. The summed E-state index contributed by atoms with van der Waals surface area (Å²) in [7, 11) is -4.44. The number of Topliss-reactive ketones (excluding diaryl/α,β-unsaturated/α-hetero) is 1. The SMILES string of the molecule is CCCCCCCCCCCCCCCC(=O)O[C@H](COC(=O)CCC/C=C\C[C@H]1C(=O)C[C@@H](O)[C@@H]1/C=C/[C@@H](O)CCCCC)COP(=O)(O)OCCN. The van der Waals surface area contributed by atoms with Gasteiger partial charge in [-0.2, -0.15) is 0 Å². The third-order valence-electron chi connectivity index (χ3n) is 9.71. The Hall–Kier alpha value is -1.92. The zero-order valence-corrected chi connectivity index (χ0v) is 34.3. The van der Waals surface area contributed by atoms with Crippen molar-refractivity contribution in [3.63, 3.8) is 0 Å². The van der Waals surface area contributed by atoms with Crippen LogP contribution in [0.3, 0.4) is 0 Å². The first kappa shape index (κ1) is 50.1. The first-order valence-electron chi connectivity index (χ1n) is 20.9. The van der Waals surface area contributed by atoms with Gasteiger partial charge in [0, 0.05) is 37.6 Å². The van der Waals surface area contributed by atoms with Gasteiger partial charge in [-0.15, -0.1) is 0 Å². The minimum Gasteiger partial charge on any atom is -0.462 e. The Balaban J connectivity index is 2.43. The molecule has 5 N–H and O–H groups in total. The zero-order valence-electron chi connectivity index (χ0n) is 33.4. The normalized spacial score (nSPS) is 19.7. The van der Waals surface area contributed by atoms with E-state index in [0.717, 1.165) is 38.5 Å². The van der Waals surface area contributed by atoms with Crippen molar-refractivity contribution in [1.82, 2.24) is 0 Å². The molecule has 1 unspecified atom stereocenters. The molecule has 0 amide bonds. The maximum atomic E-state index is 12.6. The Morgan fingerprint density at radius 3 is 2.06 bits per heavy atom. The molecule has 0 heterocycles. The topological polar surface area (TPSA) is 192 Å². The number of ether oxygens (including phenoxy) is 2. The van der Waals surface area contributed by atoms with Gasteiger partial charge in [0.25, 0.3) is 0 Å². The van der Waals surface area contributed by atoms with Gasteiger partial charge in [0.15, 0.2) is 6.10 Å². The standard InChI is InChI=1S/C41H74NO11P/c1-3-5-7-8-9-10-11-12-13-14-15-16-22-26-41(47)53-35(33-52-54(48,49)51-30-29-42)32-50-40(46)25-21-18-17-20-24-36-37(39(45)31-38(36)44)28-27-34(43)23-19-6-4-2/h17,20,27-28,34-37,39,43,45H,3-16,18-19,21-26,29-33,42H2,1-2H3,(H,48,49)/b20-17-,28-27+/t34-,35+,36+,37+,39+/m0/s1. The third kappa shape index (κ3) is 26.0. The molecular weight excluding hydrogens is 713 g/mol. The van der Waals surface area contributed by atoms with Gasteiger partial charge in [0.2, 0.25) is 0 Å². The maximum Gasteiger partial charge on any atom is 0.472 e. The van der Waals surface area contributed by atoms with Crippen LogP contribution in [0.25, 0.3) is 0 Å². The Morgan fingerprint density at radius 2 is 1.43 bits per heavy atom. The minimum absolute atomic E-state index is 0.00192. The molecule has 0 radical (unpaired) electrons. The van der Waals surface area contributed by atoms with Gasteiger partial charge in [-0.1, -0.05) is 134 Å². The van der Waals surface area contributed by atoms with Crippen LogP contribution in [-0.2, 0) is 37.5 Å². The van der Waals surface area contributed by atoms with Crippen molar-refractivity contribution >= 4 is 25.5 Å². The molecule has 314 valence electrons. The van der Waals surface area contributed by atoms with E-state index in [1.54, 1.807) is 12.2 Å². The number of aliphatic hydroxyl groups excluding tert-OH is 2. The molecule has 1 saturated carbocycles. The summed E-state index contributed by atoms with van der Waals surface area (Å²) < 4.78 is 32.7. The van der Waals surface area contributed by atoms with E-state index in [0.29, 0.717) is 32.1 Å². The number of rotatable bonds is 35. The Morgan fingerprint density at radius 1 is 0.833 bits per heavy atom. The molecule has 0 aromatic rings. The average Bonchev–Trinajstić information content (AvgIpc) is 3.41. The predicted octanol–water partition coefficient (Wildman–Crippen LogP) is 8.20. The Kier molecular flexibility index (Phi) is 29.9. The van der Waals surface area contributed by atoms with E-state index in [2.05, 4.69) is 13.8 Å². The number of phosphoric ester groups is 1. The lowest BCUT2D eigenvalue weighted by atomic mass is 9.90. The number of hydrogen-bond acceptors (Lipinski definition) is 11. The molecule has 0 saturated heterocycles. The molecule has 1 aliphatic carbocycles. The number of carbonyl (C=O) groups excluding carboxylic acids is 3. The average molecular weight is 788 g/mol. The summed E-state index contributed by atoms with van der Waals surface area (Å²) >= 11 is 0. The van der Waals surface area contributed by atoms with Crippen LogP contribution in [0.4, 0.5) is 0 Å². The monoisotopic (exact) mass is 787 g/mol. The molecule has 54 heavy (non-hydrogen) atoms. The molecule has 1 rings (SSSR count). The van der Waals surface area contributed by atoms with Crippen LogP contribution in [0.2, 0.25) is 0 Å². The second-order valence-corrected chi connectivity index (χ2v) is 16.1. The zero-order chi connectivity index (χ0) is 39.9. The molecule has 0 bridgehead atoms. The van der Waals surface area contributed by atoms with Crippen LogP contribution >= 0.6 is 7.82 Å². The lowest BCUT2D eigenvalue weighted by Crippen LogP contribution is -2.29. The summed E-state index contributed by atoms with van der Waals surface area (Å²) in [5, 5.41) is 20.6. The first-order valence-corrected chi connectivity index (χ1v) is 22.4. The van der Waals surface area contributed by atoms with Gasteiger partial charge in [-0.3, -0.25) is 23.4 Å². The number of esters is 2. The summed E-state index contributed by atoms with van der Waals surface area (Å²) in [6.45, 7) is 3.31. The fraction of sp³-hybridized carbons (Fsp3) is 0.829. The fourth-order valence-corrected chi connectivity index (χ4v) is 7.26. The van der Waals surface area contributed by atoms with Gasteiger partial charge in [-0.25, -0.2) is 4.57 Å². The van der Waals surface area contributed by atoms with E-state index in [1.165, 1.54) is 57.8 Å². The second kappa shape index (κ2) is 32.2. The highest BCUT2D eigenvalue weighted by Gasteiger charge is 2.39. The van der Waals surface area contributed by atoms with Crippen molar-refractivity contribution < 1.29 is 52.6 Å². The lowest BCUT2D eigenvalue weighted by molar-refractivity contribution is -0.161. The van der Waals surface area contributed by atoms with Gasteiger partial charge in [0.1, 0.15) is 12.4 Å². The predicted molar refractivity (Wildman–Crippen MR) is 211 cm³/mol. The van der Waals surface area contributed by atoms with Crippen LogP contribution < -0.4 is 5.73 Å². The van der Waals surface area contributed by atoms with Crippen LogP contribution in [0.1, 0.15) is 162 Å². The quantitative estimate of drug-likeness (QED) is 0.0209. The van der Waals surface area contributed by atoms with E-state index in [9.17, 15) is 34.1 Å². The molecule has 0 aromatic heterocycles.